The third kappa shape index (κ3) is 2.25. The van der Waals surface area contributed by atoms with E-state index in [1.54, 1.807) is 6.20 Å². The van der Waals surface area contributed by atoms with Gasteiger partial charge >= 0.3 is 0 Å². The van der Waals surface area contributed by atoms with Crippen molar-refractivity contribution in [2.75, 3.05) is 6.61 Å². The van der Waals surface area contributed by atoms with E-state index in [-0.39, 0.29) is 5.91 Å². The Morgan fingerprint density at radius 1 is 1.62 bits per heavy atom. The first-order valence-electron chi connectivity index (χ1n) is 5.17. The van der Waals surface area contributed by atoms with Crippen LogP contribution < -0.4 is 0 Å². The lowest BCUT2D eigenvalue weighted by molar-refractivity contribution is -0.133. The molecule has 0 spiro atoms. The topological polar surface area (TPSA) is 42.4 Å². The van der Waals surface area contributed by atoms with E-state index < -0.39 is 0 Å². The van der Waals surface area contributed by atoms with E-state index >= 15 is 0 Å². The smallest absolute Gasteiger partial charge is 0.270 e. The maximum absolute atomic E-state index is 11.8. The van der Waals surface area contributed by atoms with E-state index in [9.17, 15) is 4.79 Å². The number of hydroxylamine groups is 2. The molecular formula is C11H13BrN2O2. The minimum absolute atomic E-state index is 0.150. The predicted octanol–water partition coefficient (Wildman–Crippen LogP) is 2.39. The molecule has 1 aromatic heterocycles. The summed E-state index contributed by atoms with van der Waals surface area (Å²) in [5, 5.41) is 1.38. The summed E-state index contributed by atoms with van der Waals surface area (Å²) < 4.78 is 0.879. The molecule has 86 valence electrons. The van der Waals surface area contributed by atoms with E-state index in [0.29, 0.717) is 24.8 Å². The number of rotatable bonds is 3. The quantitative estimate of drug-likeness (QED) is 0.856. The summed E-state index contributed by atoms with van der Waals surface area (Å²) in [4.78, 5) is 21.4. The van der Waals surface area contributed by atoms with Gasteiger partial charge in [-0.3, -0.25) is 9.63 Å². The van der Waals surface area contributed by atoms with Crippen LogP contribution in [-0.4, -0.2) is 22.6 Å². The number of aromatic nitrogens is 1. The molecule has 0 N–H and O–H groups in total. The van der Waals surface area contributed by atoms with Crippen LogP contribution in [0.2, 0.25) is 0 Å². The fourth-order valence-corrected chi connectivity index (χ4v) is 1.86. The average molecular weight is 285 g/mol. The summed E-state index contributed by atoms with van der Waals surface area (Å²) in [7, 11) is 0. The van der Waals surface area contributed by atoms with Crippen molar-refractivity contribution in [3.05, 3.63) is 28.0 Å². The zero-order valence-corrected chi connectivity index (χ0v) is 10.8. The van der Waals surface area contributed by atoms with Gasteiger partial charge in [0.05, 0.1) is 13.2 Å². The van der Waals surface area contributed by atoms with Crippen LogP contribution in [-0.2, 0) is 11.4 Å². The van der Waals surface area contributed by atoms with Gasteiger partial charge in [-0.15, -0.1) is 0 Å². The molecule has 0 fully saturated rings. The van der Waals surface area contributed by atoms with E-state index in [1.807, 2.05) is 19.9 Å². The average Bonchev–Trinajstić information content (AvgIpc) is 2.52. The van der Waals surface area contributed by atoms with Crippen LogP contribution in [0.15, 0.2) is 16.7 Å². The Bertz CT molecular complexity index is 420. The van der Waals surface area contributed by atoms with Crippen molar-refractivity contribution in [3.8, 4) is 0 Å². The van der Waals surface area contributed by atoms with Crippen molar-refractivity contribution in [3.63, 3.8) is 0 Å². The Morgan fingerprint density at radius 3 is 3.06 bits per heavy atom. The van der Waals surface area contributed by atoms with E-state index in [0.717, 1.165) is 10.0 Å². The number of carbonyl (C=O) groups excluding carboxylic acids is 1. The molecule has 0 unspecified atom stereocenters. The van der Waals surface area contributed by atoms with E-state index in [2.05, 4.69) is 20.9 Å². The summed E-state index contributed by atoms with van der Waals surface area (Å²) in [6.07, 6.45) is 1.63. The molecule has 0 aromatic carbocycles. The van der Waals surface area contributed by atoms with Gasteiger partial charge in [0, 0.05) is 16.2 Å². The third-order valence-corrected chi connectivity index (χ3v) is 2.67. The molecule has 16 heavy (non-hydrogen) atoms. The summed E-state index contributed by atoms with van der Waals surface area (Å²) in [6, 6.07) is 1.90. The van der Waals surface area contributed by atoms with Gasteiger partial charge in [0.15, 0.2) is 0 Å². The Hall–Kier alpha value is -0.940. The van der Waals surface area contributed by atoms with Gasteiger partial charge in [0.2, 0.25) is 0 Å². The molecule has 0 saturated heterocycles. The molecule has 0 atom stereocenters. The molecular weight excluding hydrogens is 272 g/mol. The van der Waals surface area contributed by atoms with Crippen molar-refractivity contribution >= 4 is 21.8 Å². The Labute approximate surface area is 103 Å². The molecule has 0 saturated carbocycles. The number of nitrogens with zero attached hydrogens (tertiary/aromatic N) is 2. The second-order valence-corrected chi connectivity index (χ2v) is 5.11. The molecule has 2 heterocycles. The van der Waals surface area contributed by atoms with Gasteiger partial charge in [-0.2, -0.15) is 0 Å². The van der Waals surface area contributed by atoms with E-state index in [1.165, 1.54) is 5.06 Å². The Kier molecular flexibility index (Phi) is 3.25. The van der Waals surface area contributed by atoms with Crippen molar-refractivity contribution in [1.29, 1.82) is 0 Å². The molecule has 5 heteroatoms. The summed E-state index contributed by atoms with van der Waals surface area (Å²) in [5.74, 6) is 0.249. The monoisotopic (exact) mass is 284 g/mol. The largest absolute Gasteiger partial charge is 0.296 e. The molecule has 1 aliphatic heterocycles. The first kappa shape index (κ1) is 11.5. The van der Waals surface area contributed by atoms with E-state index in [4.69, 9.17) is 4.84 Å². The highest BCUT2D eigenvalue weighted by Crippen LogP contribution is 2.24. The molecule has 1 aromatic rings. The van der Waals surface area contributed by atoms with Gasteiger partial charge in [0.25, 0.3) is 5.91 Å². The molecule has 4 nitrogen and oxygen atoms in total. The number of hydrogen-bond donors (Lipinski definition) is 0. The number of amides is 1. The minimum Gasteiger partial charge on any atom is -0.270 e. The predicted molar refractivity (Wildman–Crippen MR) is 62.6 cm³/mol. The lowest BCUT2D eigenvalue weighted by Gasteiger charge is -2.16. The fourth-order valence-electron chi connectivity index (χ4n) is 1.48. The third-order valence-electron chi connectivity index (χ3n) is 2.24. The minimum atomic E-state index is -0.150. The van der Waals surface area contributed by atoms with Gasteiger partial charge in [-0.1, -0.05) is 13.8 Å². The first-order chi connectivity index (χ1) is 7.58. The summed E-state index contributed by atoms with van der Waals surface area (Å²) in [5.41, 5.74) is 1.40. The molecule has 2 rings (SSSR count). The second kappa shape index (κ2) is 4.51. The van der Waals surface area contributed by atoms with Crippen LogP contribution in [0.5, 0.6) is 0 Å². The number of halogens is 1. The molecule has 0 radical (unpaired) electrons. The van der Waals surface area contributed by atoms with Crippen molar-refractivity contribution in [1.82, 2.24) is 10.0 Å². The lowest BCUT2D eigenvalue weighted by atomic mass is 10.2. The molecule has 0 bridgehead atoms. The highest BCUT2D eigenvalue weighted by molar-refractivity contribution is 9.10. The SMILES string of the molecule is CC(C)CON1Cc2cc(Br)cnc2C1=O. The van der Waals surface area contributed by atoms with Crippen molar-refractivity contribution in [2.24, 2.45) is 5.92 Å². The van der Waals surface area contributed by atoms with Crippen LogP contribution in [0.1, 0.15) is 29.9 Å². The van der Waals surface area contributed by atoms with Crippen LogP contribution >= 0.6 is 15.9 Å². The maximum Gasteiger partial charge on any atom is 0.296 e. The van der Waals surface area contributed by atoms with Gasteiger partial charge in [-0.05, 0) is 27.9 Å². The number of hydrogen-bond acceptors (Lipinski definition) is 3. The van der Waals surface area contributed by atoms with Crippen LogP contribution in [0.4, 0.5) is 0 Å². The Balaban J connectivity index is 2.11. The number of pyridine rings is 1. The standard InChI is InChI=1S/C11H13BrN2O2/c1-7(2)6-16-14-5-8-3-9(12)4-13-10(8)11(14)15/h3-4,7H,5-6H2,1-2H3. The zero-order valence-electron chi connectivity index (χ0n) is 9.24. The summed E-state index contributed by atoms with van der Waals surface area (Å²) >= 11 is 3.33. The molecule has 1 aliphatic rings. The number of carbonyl (C=O) groups is 1. The molecule has 1 amide bonds. The lowest BCUT2D eigenvalue weighted by Crippen LogP contribution is -2.26. The van der Waals surface area contributed by atoms with Gasteiger partial charge in [-0.25, -0.2) is 10.0 Å². The number of fused-ring (bicyclic) bond motifs is 1. The highest BCUT2D eigenvalue weighted by atomic mass is 79.9. The van der Waals surface area contributed by atoms with Crippen LogP contribution in [0, 0.1) is 5.92 Å². The highest BCUT2D eigenvalue weighted by Gasteiger charge is 2.30. The van der Waals surface area contributed by atoms with Gasteiger partial charge in [0.1, 0.15) is 5.69 Å². The van der Waals surface area contributed by atoms with Crippen LogP contribution in [0.25, 0.3) is 0 Å². The second-order valence-electron chi connectivity index (χ2n) is 4.19. The molecule has 0 aliphatic carbocycles. The zero-order chi connectivity index (χ0) is 11.7. The van der Waals surface area contributed by atoms with Crippen molar-refractivity contribution in [2.45, 2.75) is 20.4 Å². The summed E-state index contributed by atoms with van der Waals surface area (Å²) in [6.45, 7) is 5.11. The normalized spacial score (nSPS) is 14.8. The van der Waals surface area contributed by atoms with Crippen molar-refractivity contribution < 1.29 is 9.63 Å². The van der Waals surface area contributed by atoms with Gasteiger partial charge < -0.3 is 0 Å². The van der Waals surface area contributed by atoms with Crippen LogP contribution in [0.3, 0.4) is 0 Å². The maximum atomic E-state index is 11.8. The fraction of sp³-hybridized carbons (Fsp3) is 0.455. The first-order valence-corrected chi connectivity index (χ1v) is 5.96. The Morgan fingerprint density at radius 2 is 2.38 bits per heavy atom.